The first-order valence-corrected chi connectivity index (χ1v) is 3.76. The van der Waals surface area contributed by atoms with Gasteiger partial charge < -0.3 is 10.8 Å². The van der Waals surface area contributed by atoms with Crippen LogP contribution < -0.4 is 5.73 Å². The lowest BCUT2D eigenvalue weighted by Crippen LogP contribution is -2.11. The molecule has 0 amide bonds. The van der Waals surface area contributed by atoms with E-state index in [0.717, 1.165) is 5.56 Å². The van der Waals surface area contributed by atoms with Crippen LogP contribution in [0.2, 0.25) is 0 Å². The highest BCUT2D eigenvalue weighted by Gasteiger charge is 2.06. The molecule has 0 aliphatic rings. The molecule has 0 saturated carbocycles. The molecule has 0 radical (unpaired) electrons. The molecule has 0 unspecified atom stereocenters. The Morgan fingerprint density at radius 1 is 1.58 bits per heavy atom. The first-order chi connectivity index (χ1) is 5.65. The molecule has 0 saturated heterocycles. The SMILES string of the molecule is Cc1cc([C@@H](N)CF)ccc1O. The van der Waals surface area contributed by atoms with Crippen LogP contribution in [0.15, 0.2) is 18.2 Å². The fourth-order valence-corrected chi connectivity index (χ4v) is 0.998. The summed E-state index contributed by atoms with van der Waals surface area (Å²) >= 11 is 0. The van der Waals surface area contributed by atoms with Gasteiger partial charge in [0.2, 0.25) is 0 Å². The van der Waals surface area contributed by atoms with Gasteiger partial charge in [-0.1, -0.05) is 12.1 Å². The number of hydrogen-bond donors (Lipinski definition) is 2. The minimum atomic E-state index is -0.579. The number of halogens is 1. The van der Waals surface area contributed by atoms with E-state index in [4.69, 9.17) is 10.8 Å². The molecule has 0 bridgehead atoms. The van der Waals surface area contributed by atoms with Crippen LogP contribution in [-0.4, -0.2) is 11.8 Å². The molecule has 1 aromatic rings. The summed E-state index contributed by atoms with van der Waals surface area (Å²) in [5.74, 6) is 0.213. The maximum atomic E-state index is 12.1. The van der Waals surface area contributed by atoms with Gasteiger partial charge in [-0.25, -0.2) is 4.39 Å². The molecule has 0 aromatic heterocycles. The molecule has 3 N–H and O–H groups in total. The van der Waals surface area contributed by atoms with Crippen LogP contribution in [0.25, 0.3) is 0 Å². The topological polar surface area (TPSA) is 46.2 Å². The Hall–Kier alpha value is -1.09. The van der Waals surface area contributed by atoms with Crippen LogP contribution >= 0.6 is 0 Å². The molecule has 0 aliphatic carbocycles. The molecular formula is C9H12FNO. The molecule has 2 nitrogen and oxygen atoms in total. The summed E-state index contributed by atoms with van der Waals surface area (Å²) in [6.45, 7) is 1.17. The summed E-state index contributed by atoms with van der Waals surface area (Å²) in [6.07, 6.45) is 0. The Morgan fingerprint density at radius 3 is 2.75 bits per heavy atom. The number of phenols is 1. The molecule has 66 valence electrons. The molecule has 12 heavy (non-hydrogen) atoms. The monoisotopic (exact) mass is 169 g/mol. The molecule has 1 rings (SSSR count). The third kappa shape index (κ3) is 1.74. The van der Waals surface area contributed by atoms with Gasteiger partial charge in [-0.15, -0.1) is 0 Å². The van der Waals surface area contributed by atoms with Crippen molar-refractivity contribution in [2.24, 2.45) is 5.73 Å². The van der Waals surface area contributed by atoms with Crippen LogP contribution in [-0.2, 0) is 0 Å². The van der Waals surface area contributed by atoms with Gasteiger partial charge in [0.05, 0.1) is 6.04 Å². The lowest BCUT2D eigenvalue weighted by atomic mass is 10.1. The molecule has 0 spiro atoms. The first kappa shape index (κ1) is 9.00. The second kappa shape index (κ2) is 3.54. The van der Waals surface area contributed by atoms with Crippen molar-refractivity contribution in [1.29, 1.82) is 0 Å². The Balaban J connectivity index is 2.96. The van der Waals surface area contributed by atoms with Crippen molar-refractivity contribution in [3.05, 3.63) is 29.3 Å². The van der Waals surface area contributed by atoms with Crippen molar-refractivity contribution in [1.82, 2.24) is 0 Å². The van der Waals surface area contributed by atoms with E-state index in [9.17, 15) is 4.39 Å². The van der Waals surface area contributed by atoms with Crippen LogP contribution in [0.1, 0.15) is 17.2 Å². The average Bonchev–Trinajstić information content (AvgIpc) is 2.08. The number of phenolic OH excluding ortho intramolecular Hbond substituents is 1. The fraction of sp³-hybridized carbons (Fsp3) is 0.333. The summed E-state index contributed by atoms with van der Waals surface area (Å²) in [4.78, 5) is 0. The Kier molecular flexibility index (Phi) is 2.65. The summed E-state index contributed by atoms with van der Waals surface area (Å²) in [7, 11) is 0. The van der Waals surface area contributed by atoms with E-state index in [1.807, 2.05) is 0 Å². The van der Waals surface area contributed by atoms with Gasteiger partial charge in [0.15, 0.2) is 0 Å². The van der Waals surface area contributed by atoms with E-state index in [0.29, 0.717) is 5.56 Å². The van der Waals surface area contributed by atoms with Gasteiger partial charge in [0.25, 0.3) is 0 Å². The highest BCUT2D eigenvalue weighted by atomic mass is 19.1. The largest absolute Gasteiger partial charge is 0.508 e. The minimum Gasteiger partial charge on any atom is -0.508 e. The predicted octanol–water partition coefficient (Wildman–Crippen LogP) is 1.67. The van der Waals surface area contributed by atoms with Gasteiger partial charge >= 0.3 is 0 Å². The van der Waals surface area contributed by atoms with Crippen molar-refractivity contribution in [3.8, 4) is 5.75 Å². The zero-order chi connectivity index (χ0) is 9.14. The number of benzene rings is 1. The normalized spacial score (nSPS) is 12.9. The Bertz CT molecular complexity index is 275. The molecule has 1 atom stereocenters. The number of hydrogen-bond acceptors (Lipinski definition) is 2. The van der Waals surface area contributed by atoms with Gasteiger partial charge in [0, 0.05) is 0 Å². The van der Waals surface area contributed by atoms with Crippen LogP contribution in [0.4, 0.5) is 4.39 Å². The van der Waals surface area contributed by atoms with E-state index in [1.165, 1.54) is 6.07 Å². The maximum absolute atomic E-state index is 12.1. The molecular weight excluding hydrogens is 157 g/mol. The predicted molar refractivity (Wildman–Crippen MR) is 45.7 cm³/mol. The zero-order valence-electron chi connectivity index (χ0n) is 6.92. The molecule has 0 fully saturated rings. The lowest BCUT2D eigenvalue weighted by molar-refractivity contribution is 0.435. The fourth-order valence-electron chi connectivity index (χ4n) is 0.998. The van der Waals surface area contributed by atoms with E-state index >= 15 is 0 Å². The van der Waals surface area contributed by atoms with E-state index in [2.05, 4.69) is 0 Å². The van der Waals surface area contributed by atoms with Gasteiger partial charge in [-0.2, -0.15) is 0 Å². The van der Waals surface area contributed by atoms with E-state index in [1.54, 1.807) is 19.1 Å². The van der Waals surface area contributed by atoms with Gasteiger partial charge in [-0.05, 0) is 24.1 Å². The summed E-state index contributed by atoms with van der Waals surface area (Å²) in [5, 5.41) is 9.16. The number of rotatable bonds is 2. The maximum Gasteiger partial charge on any atom is 0.118 e. The summed E-state index contributed by atoms with van der Waals surface area (Å²) in [6, 6.07) is 4.27. The molecule has 3 heteroatoms. The van der Waals surface area contributed by atoms with Crippen molar-refractivity contribution >= 4 is 0 Å². The third-order valence-electron chi connectivity index (χ3n) is 1.82. The number of aryl methyl sites for hydroxylation is 1. The summed E-state index contributed by atoms with van der Waals surface area (Å²) in [5.41, 5.74) is 6.89. The standard InChI is InChI=1S/C9H12FNO/c1-6-4-7(8(11)5-10)2-3-9(6)12/h2-4,8,12H,5,11H2,1H3/t8-/m0/s1. The highest BCUT2D eigenvalue weighted by Crippen LogP contribution is 2.20. The van der Waals surface area contributed by atoms with Gasteiger partial charge in [-0.3, -0.25) is 0 Å². The quantitative estimate of drug-likeness (QED) is 0.707. The molecule has 1 aromatic carbocycles. The van der Waals surface area contributed by atoms with Crippen LogP contribution in [0.3, 0.4) is 0 Å². The van der Waals surface area contributed by atoms with Crippen molar-refractivity contribution < 1.29 is 9.50 Å². The van der Waals surface area contributed by atoms with E-state index < -0.39 is 12.7 Å². The Labute approximate surface area is 70.8 Å². The van der Waals surface area contributed by atoms with Gasteiger partial charge in [0.1, 0.15) is 12.4 Å². The zero-order valence-corrected chi connectivity index (χ0v) is 6.92. The molecule has 0 aliphatic heterocycles. The number of aromatic hydroxyl groups is 1. The number of alkyl halides is 1. The van der Waals surface area contributed by atoms with Crippen molar-refractivity contribution in [2.75, 3.05) is 6.67 Å². The lowest BCUT2D eigenvalue weighted by Gasteiger charge is -2.08. The second-order valence-corrected chi connectivity index (χ2v) is 2.81. The second-order valence-electron chi connectivity index (χ2n) is 2.81. The average molecular weight is 169 g/mol. The van der Waals surface area contributed by atoms with E-state index in [-0.39, 0.29) is 5.75 Å². The Morgan fingerprint density at radius 2 is 2.25 bits per heavy atom. The smallest absolute Gasteiger partial charge is 0.118 e. The summed E-state index contributed by atoms with van der Waals surface area (Å²) < 4.78 is 12.1. The third-order valence-corrected chi connectivity index (χ3v) is 1.82. The van der Waals surface area contributed by atoms with Crippen molar-refractivity contribution in [3.63, 3.8) is 0 Å². The van der Waals surface area contributed by atoms with Crippen molar-refractivity contribution in [2.45, 2.75) is 13.0 Å². The van der Waals surface area contributed by atoms with Crippen LogP contribution in [0, 0.1) is 6.92 Å². The first-order valence-electron chi connectivity index (χ1n) is 3.76. The highest BCUT2D eigenvalue weighted by molar-refractivity contribution is 5.36. The van der Waals surface area contributed by atoms with Crippen LogP contribution in [0.5, 0.6) is 5.75 Å². The molecule has 0 heterocycles. The number of nitrogens with two attached hydrogens (primary N) is 1. The minimum absolute atomic E-state index is 0.213.